The maximum atomic E-state index is 14.1. The van der Waals surface area contributed by atoms with E-state index in [4.69, 9.17) is 10.5 Å². The molecule has 0 saturated carbocycles. The number of para-hydroxylation sites is 2. The summed E-state index contributed by atoms with van der Waals surface area (Å²) in [7, 11) is 0. The molecule has 8 nitrogen and oxygen atoms in total. The van der Waals surface area contributed by atoms with Crippen molar-refractivity contribution >= 4 is 35.0 Å². The van der Waals surface area contributed by atoms with Crippen LogP contribution in [0.3, 0.4) is 0 Å². The zero-order valence-corrected chi connectivity index (χ0v) is 23.0. The summed E-state index contributed by atoms with van der Waals surface area (Å²) >= 11 is 0. The number of morpholine rings is 1. The number of likely N-dealkylation sites (tertiary alicyclic amines) is 1. The van der Waals surface area contributed by atoms with Gasteiger partial charge in [-0.15, -0.1) is 0 Å². The van der Waals surface area contributed by atoms with Crippen LogP contribution >= 0.6 is 0 Å². The van der Waals surface area contributed by atoms with Crippen molar-refractivity contribution in [3.05, 3.63) is 95.3 Å². The Balaban J connectivity index is 1.27. The van der Waals surface area contributed by atoms with Crippen LogP contribution in [0.2, 0.25) is 0 Å². The van der Waals surface area contributed by atoms with Gasteiger partial charge in [-0.25, -0.2) is 4.39 Å². The highest BCUT2D eigenvalue weighted by atomic mass is 19.4. The number of amides is 2. The standard InChI is InChI=1S/C31H31F4N5O3/c32-25-15-21(10-11-24(25)31(33,34)35)38-30(42)29(37-13-14-40-17-23-16-22(40)18-43-23)20-8-5-19(6-9-20)7-12-28(41)39-27-4-2-1-3-26(27)36/h1-12,15,22-23,29,37H,13-14,16-18,36H2,(H,38,42)(H,39,41)/b12-7+/t22?,23?,29-/m0/s1. The van der Waals surface area contributed by atoms with Crippen LogP contribution in [-0.2, 0) is 20.5 Å². The van der Waals surface area contributed by atoms with Crippen LogP contribution in [0.15, 0.2) is 72.8 Å². The third kappa shape index (κ3) is 7.58. The van der Waals surface area contributed by atoms with Gasteiger partial charge in [-0.2, -0.15) is 13.2 Å². The summed E-state index contributed by atoms with van der Waals surface area (Å²) in [5.41, 5.74) is 6.56. The van der Waals surface area contributed by atoms with Crippen molar-refractivity contribution in [3.8, 4) is 0 Å². The second kappa shape index (κ2) is 12.9. The van der Waals surface area contributed by atoms with Crippen LogP contribution in [0.25, 0.3) is 6.08 Å². The van der Waals surface area contributed by atoms with Gasteiger partial charge in [0.15, 0.2) is 0 Å². The Morgan fingerprint density at radius 3 is 2.49 bits per heavy atom. The van der Waals surface area contributed by atoms with Crippen LogP contribution in [0.4, 0.5) is 34.6 Å². The van der Waals surface area contributed by atoms with Crippen LogP contribution in [-0.4, -0.2) is 55.1 Å². The van der Waals surface area contributed by atoms with Crippen molar-refractivity contribution in [2.45, 2.75) is 30.8 Å². The highest BCUT2D eigenvalue weighted by molar-refractivity contribution is 6.03. The number of benzene rings is 3. The predicted molar refractivity (Wildman–Crippen MR) is 155 cm³/mol. The number of rotatable bonds is 10. The van der Waals surface area contributed by atoms with E-state index in [0.29, 0.717) is 60.4 Å². The molecule has 2 saturated heterocycles. The molecule has 2 heterocycles. The molecule has 3 atom stereocenters. The van der Waals surface area contributed by atoms with Gasteiger partial charge in [-0.05, 0) is 54.0 Å². The smallest absolute Gasteiger partial charge is 0.397 e. The molecule has 2 unspecified atom stereocenters. The molecule has 2 amide bonds. The molecule has 0 spiro atoms. The van der Waals surface area contributed by atoms with Crippen LogP contribution in [0, 0.1) is 5.82 Å². The van der Waals surface area contributed by atoms with Gasteiger partial charge in [-0.3, -0.25) is 14.5 Å². The summed E-state index contributed by atoms with van der Waals surface area (Å²) in [5, 5.41) is 8.47. The van der Waals surface area contributed by atoms with Crippen LogP contribution in [0.5, 0.6) is 0 Å². The minimum atomic E-state index is -4.84. The summed E-state index contributed by atoms with van der Waals surface area (Å²) < 4.78 is 58.7. The summed E-state index contributed by atoms with van der Waals surface area (Å²) in [4.78, 5) is 28.0. The number of hydrogen-bond donors (Lipinski definition) is 4. The highest BCUT2D eigenvalue weighted by Gasteiger charge is 2.38. The second-order valence-corrected chi connectivity index (χ2v) is 10.5. The molecule has 5 rings (SSSR count). The average Bonchev–Trinajstić information content (AvgIpc) is 3.59. The maximum absolute atomic E-state index is 14.1. The molecule has 2 aliphatic rings. The fraction of sp³-hybridized carbons (Fsp3) is 0.290. The van der Waals surface area contributed by atoms with E-state index in [2.05, 4.69) is 20.9 Å². The number of fused-ring (bicyclic) bond motifs is 2. The van der Waals surface area contributed by atoms with E-state index in [1.165, 1.54) is 6.08 Å². The van der Waals surface area contributed by atoms with E-state index in [1.54, 1.807) is 54.6 Å². The minimum Gasteiger partial charge on any atom is -0.397 e. The molecular weight excluding hydrogens is 566 g/mol. The SMILES string of the molecule is Nc1ccccc1NC(=O)/C=C/c1ccc([C@H](NCCN2CC3CC2CO3)C(=O)Nc2ccc(C(F)(F)F)c(F)c2)cc1. The molecule has 5 N–H and O–H groups in total. The van der Waals surface area contributed by atoms with Gasteiger partial charge in [0.25, 0.3) is 0 Å². The number of anilines is 3. The Labute approximate surface area is 245 Å². The highest BCUT2D eigenvalue weighted by Crippen LogP contribution is 2.33. The van der Waals surface area contributed by atoms with Gasteiger partial charge in [0.2, 0.25) is 11.8 Å². The Morgan fingerprint density at radius 2 is 1.84 bits per heavy atom. The fourth-order valence-electron chi connectivity index (χ4n) is 5.26. The number of carbonyl (C=O) groups is 2. The molecule has 2 aliphatic heterocycles. The molecule has 2 bridgehead atoms. The minimum absolute atomic E-state index is 0.0964. The molecule has 43 heavy (non-hydrogen) atoms. The van der Waals surface area contributed by atoms with Crippen molar-refractivity contribution in [1.29, 1.82) is 0 Å². The van der Waals surface area contributed by atoms with E-state index < -0.39 is 29.5 Å². The number of alkyl halides is 3. The number of nitrogens with two attached hydrogens (primary N) is 1. The van der Waals surface area contributed by atoms with Gasteiger partial charge in [0.05, 0.1) is 29.6 Å². The largest absolute Gasteiger partial charge is 0.419 e. The Morgan fingerprint density at radius 1 is 1.07 bits per heavy atom. The Hall–Kier alpha value is -4.26. The lowest BCUT2D eigenvalue weighted by Crippen LogP contribution is -2.43. The van der Waals surface area contributed by atoms with E-state index in [0.717, 1.165) is 19.0 Å². The van der Waals surface area contributed by atoms with Crippen molar-refractivity contribution in [2.75, 3.05) is 42.6 Å². The summed E-state index contributed by atoms with van der Waals surface area (Å²) in [5.74, 6) is -2.41. The third-order valence-electron chi connectivity index (χ3n) is 7.48. The number of halogens is 4. The van der Waals surface area contributed by atoms with E-state index in [-0.39, 0.29) is 17.7 Å². The molecule has 0 aromatic heterocycles. The maximum Gasteiger partial charge on any atom is 0.419 e. The van der Waals surface area contributed by atoms with Crippen molar-refractivity contribution in [1.82, 2.24) is 10.2 Å². The predicted octanol–water partition coefficient (Wildman–Crippen LogP) is 4.82. The lowest BCUT2D eigenvalue weighted by Gasteiger charge is -2.27. The first-order chi connectivity index (χ1) is 20.6. The Bertz CT molecular complexity index is 1500. The van der Waals surface area contributed by atoms with Gasteiger partial charge < -0.3 is 26.4 Å². The molecule has 0 aliphatic carbocycles. The molecule has 226 valence electrons. The lowest BCUT2D eigenvalue weighted by atomic mass is 10.0. The molecule has 3 aromatic carbocycles. The second-order valence-electron chi connectivity index (χ2n) is 10.5. The number of ether oxygens (including phenoxy) is 1. The number of hydrogen-bond acceptors (Lipinski definition) is 6. The van der Waals surface area contributed by atoms with Crippen LogP contribution < -0.4 is 21.7 Å². The lowest BCUT2D eigenvalue weighted by molar-refractivity contribution is -0.140. The first-order valence-corrected chi connectivity index (χ1v) is 13.8. The number of nitrogens with zero attached hydrogens (tertiary/aromatic N) is 1. The van der Waals surface area contributed by atoms with Gasteiger partial charge in [0, 0.05) is 37.4 Å². The number of nitrogens with one attached hydrogen (secondary N) is 3. The van der Waals surface area contributed by atoms with Crippen LogP contribution in [0.1, 0.15) is 29.2 Å². The average molecular weight is 598 g/mol. The van der Waals surface area contributed by atoms with Crippen molar-refractivity contribution in [2.24, 2.45) is 0 Å². The zero-order chi connectivity index (χ0) is 30.6. The zero-order valence-electron chi connectivity index (χ0n) is 23.0. The first kappa shape index (κ1) is 30.2. The Kier molecular flexibility index (Phi) is 9.09. The number of nitrogen functional groups attached to an aromatic ring is 1. The van der Waals surface area contributed by atoms with E-state index in [9.17, 15) is 27.2 Å². The van der Waals surface area contributed by atoms with E-state index in [1.807, 2.05) is 0 Å². The number of carbonyl (C=O) groups excluding carboxylic acids is 2. The first-order valence-electron chi connectivity index (χ1n) is 13.8. The summed E-state index contributed by atoms with van der Waals surface area (Å²) in [6.45, 7) is 2.62. The molecular formula is C31H31F4N5O3. The molecule has 2 fully saturated rings. The monoisotopic (exact) mass is 597 g/mol. The van der Waals surface area contributed by atoms with Crippen molar-refractivity contribution in [3.63, 3.8) is 0 Å². The molecule has 12 heteroatoms. The summed E-state index contributed by atoms with van der Waals surface area (Å²) in [6.07, 6.45) is -0.670. The molecule has 3 aromatic rings. The quantitative estimate of drug-likeness (QED) is 0.152. The summed E-state index contributed by atoms with van der Waals surface area (Å²) in [6, 6.07) is 15.5. The molecule has 0 radical (unpaired) electrons. The fourth-order valence-corrected chi connectivity index (χ4v) is 5.26. The van der Waals surface area contributed by atoms with Crippen molar-refractivity contribution < 1.29 is 31.9 Å². The normalized spacial score (nSPS) is 19.1. The van der Waals surface area contributed by atoms with Gasteiger partial charge >= 0.3 is 6.18 Å². The topological polar surface area (TPSA) is 109 Å². The third-order valence-corrected chi connectivity index (χ3v) is 7.48. The van der Waals surface area contributed by atoms with Gasteiger partial charge in [0.1, 0.15) is 11.9 Å². The van der Waals surface area contributed by atoms with Gasteiger partial charge in [-0.1, -0.05) is 36.4 Å². The van der Waals surface area contributed by atoms with E-state index >= 15 is 0 Å².